The van der Waals surface area contributed by atoms with Crippen LogP contribution in [0.3, 0.4) is 0 Å². The molecule has 1 aliphatic rings. The van der Waals surface area contributed by atoms with E-state index in [1.165, 1.54) is 27.9 Å². The molecule has 3 atom stereocenters. The Labute approximate surface area is 219 Å². The highest BCUT2D eigenvalue weighted by Crippen LogP contribution is 2.35. The third-order valence-corrected chi connectivity index (χ3v) is 6.90. The molecule has 4 rings (SSSR count). The first-order chi connectivity index (χ1) is 18.0. The summed E-state index contributed by atoms with van der Waals surface area (Å²) in [4.78, 5) is 46.9. The second-order valence-electron chi connectivity index (χ2n) is 9.68. The Morgan fingerprint density at radius 2 is 1.84 bits per heavy atom. The highest BCUT2D eigenvalue weighted by molar-refractivity contribution is 6.12. The number of β-lactam (4-membered cyclic amide) rings is 1. The number of aryl methyl sites for hydroxylation is 2. The van der Waals surface area contributed by atoms with Gasteiger partial charge in [0.05, 0.1) is 17.8 Å². The molecule has 3 amide bonds. The van der Waals surface area contributed by atoms with Crippen molar-refractivity contribution in [2.75, 3.05) is 17.7 Å². The van der Waals surface area contributed by atoms with Crippen molar-refractivity contribution in [1.29, 1.82) is 0 Å². The van der Waals surface area contributed by atoms with Crippen molar-refractivity contribution in [2.45, 2.75) is 45.1 Å². The van der Waals surface area contributed by atoms with Crippen LogP contribution < -0.4 is 10.6 Å². The number of nitrogens with two attached hydrogens (primary N) is 1. The molecule has 0 bridgehead atoms. The maximum atomic E-state index is 13.8. The first-order valence-electron chi connectivity index (χ1n) is 12.3. The maximum absolute atomic E-state index is 13.8. The molecular formula is C27H30F2N6O3. The normalized spacial score (nSPS) is 17.7. The molecule has 200 valence electrons. The summed E-state index contributed by atoms with van der Waals surface area (Å²) >= 11 is 0. The lowest BCUT2D eigenvalue weighted by Crippen LogP contribution is -2.69. The Morgan fingerprint density at radius 1 is 1.16 bits per heavy atom. The second-order valence-corrected chi connectivity index (χ2v) is 9.68. The molecule has 1 saturated heterocycles. The van der Waals surface area contributed by atoms with E-state index < -0.39 is 47.2 Å². The van der Waals surface area contributed by atoms with Gasteiger partial charge in [-0.15, -0.1) is 0 Å². The third kappa shape index (κ3) is 5.41. The van der Waals surface area contributed by atoms with Crippen LogP contribution in [0, 0.1) is 24.5 Å². The molecule has 0 spiro atoms. The SMILES string of the molecule is CC[C@@H](CC(=O)N1C(=O)[C@H](Cc2cc(C)nc(N)c2)[C@H]1C(=O)N(C)c1cnn(C)c1)c1cc(F)cc(F)c1. The monoisotopic (exact) mass is 524 g/mol. The van der Waals surface area contributed by atoms with Crippen molar-refractivity contribution >= 4 is 29.2 Å². The lowest BCUT2D eigenvalue weighted by molar-refractivity contribution is -0.170. The molecule has 0 aliphatic carbocycles. The smallest absolute Gasteiger partial charge is 0.250 e. The number of aromatic nitrogens is 3. The van der Waals surface area contributed by atoms with Gasteiger partial charge in [-0.2, -0.15) is 5.10 Å². The van der Waals surface area contributed by atoms with Gasteiger partial charge in [-0.25, -0.2) is 13.8 Å². The summed E-state index contributed by atoms with van der Waals surface area (Å²) in [6.07, 6.45) is 3.58. The second kappa shape index (κ2) is 10.7. The molecule has 0 saturated carbocycles. The van der Waals surface area contributed by atoms with Gasteiger partial charge in [0.1, 0.15) is 23.5 Å². The zero-order chi connectivity index (χ0) is 27.7. The number of halogens is 2. The molecule has 0 unspecified atom stereocenters. The summed E-state index contributed by atoms with van der Waals surface area (Å²) in [7, 11) is 3.27. The molecule has 2 aromatic heterocycles. The van der Waals surface area contributed by atoms with Crippen LogP contribution in [0.5, 0.6) is 0 Å². The van der Waals surface area contributed by atoms with Crippen molar-refractivity contribution in [3.8, 4) is 0 Å². The van der Waals surface area contributed by atoms with E-state index in [4.69, 9.17) is 5.73 Å². The number of hydrogen-bond donors (Lipinski definition) is 1. The number of benzene rings is 1. The quantitative estimate of drug-likeness (QED) is 0.453. The number of nitrogen functional groups attached to an aromatic ring is 1. The highest BCUT2D eigenvalue weighted by atomic mass is 19.1. The molecule has 1 aromatic carbocycles. The summed E-state index contributed by atoms with van der Waals surface area (Å²) in [6, 6.07) is 5.49. The molecule has 3 heterocycles. The van der Waals surface area contributed by atoms with Crippen LogP contribution in [0.4, 0.5) is 20.3 Å². The Morgan fingerprint density at radius 3 is 2.42 bits per heavy atom. The maximum Gasteiger partial charge on any atom is 0.250 e. The molecular weight excluding hydrogens is 494 g/mol. The molecule has 11 heteroatoms. The number of hydrogen-bond acceptors (Lipinski definition) is 6. The average molecular weight is 525 g/mol. The van der Waals surface area contributed by atoms with Gasteiger partial charge in [0, 0.05) is 38.5 Å². The predicted octanol–water partition coefficient (Wildman–Crippen LogP) is 3.13. The predicted molar refractivity (Wildman–Crippen MR) is 137 cm³/mol. The van der Waals surface area contributed by atoms with E-state index in [9.17, 15) is 23.2 Å². The number of likely N-dealkylation sites (N-methyl/N-ethyl adjacent to an activating group) is 1. The molecule has 3 aromatic rings. The fourth-order valence-electron chi connectivity index (χ4n) is 4.97. The summed E-state index contributed by atoms with van der Waals surface area (Å²) in [5, 5.41) is 4.09. The number of rotatable bonds is 8. The van der Waals surface area contributed by atoms with Crippen molar-refractivity contribution in [3.05, 3.63) is 71.2 Å². The van der Waals surface area contributed by atoms with Gasteiger partial charge in [0.25, 0.3) is 5.91 Å². The van der Waals surface area contributed by atoms with Crippen LogP contribution in [0.25, 0.3) is 0 Å². The van der Waals surface area contributed by atoms with E-state index in [0.29, 0.717) is 29.2 Å². The average Bonchev–Trinajstić information content (AvgIpc) is 3.28. The van der Waals surface area contributed by atoms with Crippen molar-refractivity contribution < 1.29 is 23.2 Å². The fraction of sp³-hybridized carbons (Fsp3) is 0.370. The Kier molecular flexibility index (Phi) is 7.56. The van der Waals surface area contributed by atoms with Crippen LogP contribution in [0.15, 0.2) is 42.7 Å². The molecule has 38 heavy (non-hydrogen) atoms. The van der Waals surface area contributed by atoms with Crippen LogP contribution >= 0.6 is 0 Å². The van der Waals surface area contributed by atoms with Gasteiger partial charge < -0.3 is 10.6 Å². The van der Waals surface area contributed by atoms with Gasteiger partial charge >= 0.3 is 0 Å². The molecule has 0 radical (unpaired) electrons. The van der Waals surface area contributed by atoms with E-state index in [1.807, 2.05) is 0 Å². The van der Waals surface area contributed by atoms with Gasteiger partial charge in [-0.1, -0.05) is 6.92 Å². The van der Waals surface area contributed by atoms with E-state index >= 15 is 0 Å². The first-order valence-corrected chi connectivity index (χ1v) is 12.3. The third-order valence-electron chi connectivity index (χ3n) is 6.90. The highest BCUT2D eigenvalue weighted by Gasteiger charge is 2.55. The van der Waals surface area contributed by atoms with E-state index in [-0.39, 0.29) is 12.8 Å². The largest absolute Gasteiger partial charge is 0.384 e. The lowest BCUT2D eigenvalue weighted by atomic mass is 9.80. The zero-order valence-electron chi connectivity index (χ0n) is 21.7. The number of anilines is 2. The van der Waals surface area contributed by atoms with E-state index in [0.717, 1.165) is 16.5 Å². The minimum atomic E-state index is -1.06. The number of amides is 3. The lowest BCUT2D eigenvalue weighted by Gasteiger charge is -2.46. The fourth-order valence-corrected chi connectivity index (χ4v) is 4.97. The number of carbonyl (C=O) groups is 3. The minimum absolute atomic E-state index is 0.181. The van der Waals surface area contributed by atoms with Crippen LogP contribution in [-0.4, -0.2) is 50.5 Å². The van der Waals surface area contributed by atoms with Gasteiger partial charge in [-0.05, 0) is 61.1 Å². The van der Waals surface area contributed by atoms with Crippen molar-refractivity contribution in [1.82, 2.24) is 19.7 Å². The summed E-state index contributed by atoms with van der Waals surface area (Å²) in [6.45, 7) is 3.56. The van der Waals surface area contributed by atoms with E-state index in [2.05, 4.69) is 10.1 Å². The molecule has 1 aliphatic heterocycles. The molecule has 2 N–H and O–H groups in total. The minimum Gasteiger partial charge on any atom is -0.384 e. The number of imide groups is 1. The van der Waals surface area contributed by atoms with Crippen molar-refractivity contribution in [2.24, 2.45) is 13.0 Å². The standard InChI is InChI=1S/C27H30F2N6O3/c1-5-17(18-9-19(28)12-20(29)10-18)11-24(36)35-25(27(38)34(4)21-13-31-33(3)14-21)22(26(35)37)7-16-6-15(2)32-23(30)8-16/h6,8-10,12-14,17,22,25H,5,7,11H2,1-4H3,(H2,30,32)/t17-,22+,25-/m0/s1. The van der Waals surface area contributed by atoms with Crippen LogP contribution in [-0.2, 0) is 27.9 Å². The molecule has 1 fully saturated rings. The van der Waals surface area contributed by atoms with Crippen LogP contribution in [0.1, 0.15) is 42.5 Å². The Hall–Kier alpha value is -4.15. The topological polar surface area (TPSA) is 114 Å². The number of pyridine rings is 1. The summed E-state index contributed by atoms with van der Waals surface area (Å²) < 4.78 is 29.2. The molecule has 9 nitrogen and oxygen atoms in total. The first kappa shape index (κ1) is 26.9. The van der Waals surface area contributed by atoms with Gasteiger partial charge in [0.15, 0.2) is 0 Å². The van der Waals surface area contributed by atoms with E-state index in [1.54, 1.807) is 46.3 Å². The number of likely N-dealkylation sites (tertiary alicyclic amines) is 1. The van der Waals surface area contributed by atoms with Crippen molar-refractivity contribution in [3.63, 3.8) is 0 Å². The number of nitrogens with zero attached hydrogens (tertiary/aromatic N) is 5. The zero-order valence-corrected chi connectivity index (χ0v) is 21.7. The Bertz CT molecular complexity index is 1350. The Balaban J connectivity index is 1.62. The van der Waals surface area contributed by atoms with Gasteiger partial charge in [0.2, 0.25) is 11.8 Å². The number of carbonyl (C=O) groups excluding carboxylic acids is 3. The van der Waals surface area contributed by atoms with Gasteiger partial charge in [-0.3, -0.25) is 24.0 Å². The van der Waals surface area contributed by atoms with Crippen LogP contribution in [0.2, 0.25) is 0 Å². The summed E-state index contributed by atoms with van der Waals surface area (Å²) in [5.74, 6) is -4.03. The summed E-state index contributed by atoms with van der Waals surface area (Å²) in [5.41, 5.74) is 8.10.